The number of ether oxygens (including phenoxy) is 6. The summed E-state index contributed by atoms with van der Waals surface area (Å²) in [6, 6.07) is 22.9. The molecule has 0 saturated carbocycles. The third-order valence-corrected chi connectivity index (χ3v) is 5.39. The van der Waals surface area contributed by atoms with Crippen LogP contribution in [0.25, 0.3) is 0 Å². The van der Waals surface area contributed by atoms with Gasteiger partial charge in [0.05, 0.1) is 19.6 Å². The highest BCUT2D eigenvalue weighted by atomic mass is 16.7. The maximum atomic E-state index is 13.2. The average molecular weight is 512 g/mol. The van der Waals surface area contributed by atoms with Crippen molar-refractivity contribution in [3.05, 3.63) is 83.9 Å². The summed E-state index contributed by atoms with van der Waals surface area (Å²) in [6.45, 7) is 0.816. The molecule has 3 rings (SSSR count). The first kappa shape index (κ1) is 27.9. The van der Waals surface area contributed by atoms with Crippen LogP contribution in [0.5, 0.6) is 23.0 Å². The highest BCUT2D eigenvalue weighted by Gasteiger charge is 2.24. The molecular formula is C28H33NO8. The van der Waals surface area contributed by atoms with E-state index in [2.05, 4.69) is 4.84 Å². The summed E-state index contributed by atoms with van der Waals surface area (Å²) in [5.74, 6) is 5.43. The Morgan fingerprint density at radius 3 is 1.73 bits per heavy atom. The quantitative estimate of drug-likeness (QED) is 0.100. The van der Waals surface area contributed by atoms with Gasteiger partial charge in [-0.2, -0.15) is 0 Å². The minimum absolute atomic E-state index is 0.116. The number of benzene rings is 3. The van der Waals surface area contributed by atoms with Crippen molar-refractivity contribution < 1.29 is 38.1 Å². The molecule has 0 fully saturated rings. The van der Waals surface area contributed by atoms with Crippen LogP contribution >= 0.6 is 0 Å². The fourth-order valence-electron chi connectivity index (χ4n) is 3.68. The van der Waals surface area contributed by atoms with E-state index in [1.165, 1.54) is 0 Å². The van der Waals surface area contributed by atoms with Crippen LogP contribution in [-0.2, 0) is 19.1 Å². The van der Waals surface area contributed by atoms with Crippen LogP contribution in [0.3, 0.4) is 0 Å². The first-order chi connectivity index (χ1) is 18.2. The molecule has 0 spiro atoms. The van der Waals surface area contributed by atoms with Gasteiger partial charge in [0.2, 0.25) is 18.3 Å². The highest BCUT2D eigenvalue weighted by Crippen LogP contribution is 2.45. The van der Waals surface area contributed by atoms with Gasteiger partial charge in [0, 0.05) is 20.1 Å². The number of rotatable bonds is 16. The van der Waals surface area contributed by atoms with E-state index in [-0.39, 0.29) is 49.6 Å². The van der Waals surface area contributed by atoms with Gasteiger partial charge in [-0.3, -0.25) is 9.63 Å². The van der Waals surface area contributed by atoms with E-state index in [1.54, 1.807) is 26.4 Å². The number of carbonyl (C=O) groups excluding carboxylic acids is 1. The summed E-state index contributed by atoms with van der Waals surface area (Å²) in [5.41, 5.74) is 2.02. The number of esters is 1. The second-order valence-corrected chi connectivity index (χ2v) is 7.88. The van der Waals surface area contributed by atoms with Gasteiger partial charge in [-0.05, 0) is 23.3 Å². The lowest BCUT2D eigenvalue weighted by atomic mass is 9.88. The molecule has 0 radical (unpaired) electrons. The predicted octanol–water partition coefficient (Wildman–Crippen LogP) is 4.09. The summed E-state index contributed by atoms with van der Waals surface area (Å²) in [5, 5.41) is 0. The molecule has 0 aliphatic carbocycles. The molecule has 0 atom stereocenters. The Hall–Kier alpha value is -3.63. The lowest BCUT2D eigenvalue weighted by Gasteiger charge is -2.20. The van der Waals surface area contributed by atoms with E-state index in [0.717, 1.165) is 11.1 Å². The third-order valence-electron chi connectivity index (χ3n) is 5.39. The zero-order valence-corrected chi connectivity index (χ0v) is 21.1. The summed E-state index contributed by atoms with van der Waals surface area (Å²) in [6.07, 6.45) is 0.116. The summed E-state index contributed by atoms with van der Waals surface area (Å²) in [4.78, 5) is 17.8. The van der Waals surface area contributed by atoms with Crippen LogP contribution in [0, 0.1) is 0 Å². The van der Waals surface area contributed by atoms with Gasteiger partial charge in [-0.1, -0.05) is 60.7 Å². The van der Waals surface area contributed by atoms with Gasteiger partial charge in [0.25, 0.3) is 0 Å². The van der Waals surface area contributed by atoms with E-state index >= 15 is 0 Å². The molecule has 0 amide bonds. The zero-order valence-electron chi connectivity index (χ0n) is 21.1. The van der Waals surface area contributed by atoms with Crippen molar-refractivity contribution in [1.29, 1.82) is 0 Å². The standard InChI is InChI=1S/C28H33NO8/c1-31-15-17-33-27-24(35-20-36-29)13-14-25(28(27)34-18-16-32-2)37-26(30)19-23(21-9-5-3-6-10-21)22-11-7-4-8-12-22/h3-14,23H,15-20,29H2,1-2H3. The fraction of sp³-hybridized carbons (Fsp3) is 0.321. The van der Waals surface area contributed by atoms with Crippen molar-refractivity contribution in [1.82, 2.24) is 0 Å². The van der Waals surface area contributed by atoms with Crippen molar-refractivity contribution in [2.45, 2.75) is 12.3 Å². The van der Waals surface area contributed by atoms with Crippen LogP contribution in [0.15, 0.2) is 72.8 Å². The van der Waals surface area contributed by atoms with Gasteiger partial charge in [-0.15, -0.1) is 0 Å². The van der Waals surface area contributed by atoms with E-state index in [1.807, 2.05) is 60.7 Å². The molecule has 0 aliphatic heterocycles. The topological polar surface area (TPSA) is 108 Å². The maximum Gasteiger partial charge on any atom is 0.312 e. The summed E-state index contributed by atoms with van der Waals surface area (Å²) < 4.78 is 33.4. The number of hydrogen-bond donors (Lipinski definition) is 1. The molecule has 2 N–H and O–H groups in total. The normalized spacial score (nSPS) is 10.8. The minimum Gasteiger partial charge on any atom is -0.484 e. The van der Waals surface area contributed by atoms with Crippen molar-refractivity contribution in [3.8, 4) is 23.0 Å². The number of carbonyl (C=O) groups is 1. The van der Waals surface area contributed by atoms with Gasteiger partial charge in [-0.25, -0.2) is 5.90 Å². The fourth-order valence-corrected chi connectivity index (χ4v) is 3.68. The van der Waals surface area contributed by atoms with E-state index in [0.29, 0.717) is 19.0 Å². The van der Waals surface area contributed by atoms with Crippen LogP contribution in [-0.4, -0.2) is 53.4 Å². The Morgan fingerprint density at radius 1 is 0.703 bits per heavy atom. The Balaban J connectivity index is 1.89. The number of hydrogen-bond acceptors (Lipinski definition) is 9. The van der Waals surface area contributed by atoms with Crippen LogP contribution in [0.1, 0.15) is 23.5 Å². The molecule has 3 aromatic carbocycles. The largest absolute Gasteiger partial charge is 0.484 e. The molecule has 0 aromatic heterocycles. The number of methoxy groups -OCH3 is 2. The van der Waals surface area contributed by atoms with Crippen molar-refractivity contribution in [2.75, 3.05) is 47.4 Å². The molecular weight excluding hydrogens is 478 g/mol. The molecule has 198 valence electrons. The Kier molecular flexibility index (Phi) is 11.7. The molecule has 0 saturated heterocycles. The Labute approximate surface area is 216 Å². The molecule has 9 nitrogen and oxygen atoms in total. The van der Waals surface area contributed by atoms with Crippen LogP contribution in [0.4, 0.5) is 0 Å². The third kappa shape index (κ3) is 8.47. The second-order valence-electron chi connectivity index (χ2n) is 7.88. The monoisotopic (exact) mass is 511 g/mol. The first-order valence-electron chi connectivity index (χ1n) is 11.8. The van der Waals surface area contributed by atoms with E-state index in [9.17, 15) is 4.79 Å². The summed E-state index contributed by atoms with van der Waals surface area (Å²) in [7, 11) is 3.12. The SMILES string of the molecule is COCCOc1c(OCON)ccc(OC(=O)CC(c2ccccc2)c2ccccc2)c1OCCOC. The van der Waals surface area contributed by atoms with Gasteiger partial charge in [0.15, 0.2) is 11.5 Å². The molecule has 0 heterocycles. The number of nitrogens with two attached hydrogens (primary N) is 1. The Bertz CT molecular complexity index is 1040. The van der Waals surface area contributed by atoms with Crippen molar-refractivity contribution in [3.63, 3.8) is 0 Å². The van der Waals surface area contributed by atoms with Gasteiger partial charge >= 0.3 is 5.97 Å². The van der Waals surface area contributed by atoms with Crippen molar-refractivity contribution >= 4 is 5.97 Å². The smallest absolute Gasteiger partial charge is 0.312 e. The summed E-state index contributed by atoms with van der Waals surface area (Å²) >= 11 is 0. The molecule has 3 aromatic rings. The molecule has 37 heavy (non-hydrogen) atoms. The van der Waals surface area contributed by atoms with Crippen LogP contribution < -0.4 is 24.8 Å². The molecule has 0 aliphatic rings. The van der Waals surface area contributed by atoms with Gasteiger partial charge < -0.3 is 28.4 Å². The first-order valence-corrected chi connectivity index (χ1v) is 11.8. The minimum atomic E-state index is -0.434. The Morgan fingerprint density at radius 2 is 1.22 bits per heavy atom. The molecule has 9 heteroatoms. The molecule has 0 bridgehead atoms. The van der Waals surface area contributed by atoms with E-state index in [4.69, 9.17) is 34.3 Å². The van der Waals surface area contributed by atoms with Crippen molar-refractivity contribution in [2.24, 2.45) is 5.90 Å². The van der Waals surface area contributed by atoms with E-state index < -0.39 is 5.97 Å². The van der Waals surface area contributed by atoms with Crippen LogP contribution in [0.2, 0.25) is 0 Å². The highest BCUT2D eigenvalue weighted by molar-refractivity contribution is 5.76. The zero-order chi connectivity index (χ0) is 26.3. The molecule has 0 unspecified atom stereocenters. The second kappa shape index (κ2) is 15.5. The predicted molar refractivity (Wildman–Crippen MR) is 137 cm³/mol. The average Bonchev–Trinajstić information content (AvgIpc) is 2.93. The lowest BCUT2D eigenvalue weighted by Crippen LogP contribution is -2.16. The lowest BCUT2D eigenvalue weighted by molar-refractivity contribution is -0.134. The maximum absolute atomic E-state index is 13.2. The van der Waals surface area contributed by atoms with Gasteiger partial charge in [0.1, 0.15) is 13.2 Å².